The minimum absolute atomic E-state index is 0.177. The number of carbonyl (C=O) groups is 1. The molecule has 8 heteroatoms. The fourth-order valence-electron chi connectivity index (χ4n) is 2.15. The number of imidazole rings is 1. The van der Waals surface area contributed by atoms with Gasteiger partial charge in [0.1, 0.15) is 5.69 Å². The summed E-state index contributed by atoms with van der Waals surface area (Å²) >= 11 is 0. The maximum atomic E-state index is 12.7. The first-order valence-electron chi connectivity index (χ1n) is 6.66. The minimum Gasteiger partial charge on any atom is -0.328 e. The van der Waals surface area contributed by atoms with Crippen LogP contribution in [0.15, 0.2) is 35.2 Å². The van der Waals surface area contributed by atoms with E-state index in [4.69, 9.17) is 0 Å². The molecule has 0 bridgehead atoms. The van der Waals surface area contributed by atoms with Gasteiger partial charge in [-0.05, 0) is 19.1 Å². The van der Waals surface area contributed by atoms with Gasteiger partial charge in [-0.3, -0.25) is 9.78 Å². The number of rotatable bonds is 4. The summed E-state index contributed by atoms with van der Waals surface area (Å²) in [7, 11) is 1.73. The number of pyridine rings is 1. The van der Waals surface area contributed by atoms with Crippen LogP contribution in [-0.4, -0.2) is 37.1 Å². The van der Waals surface area contributed by atoms with E-state index in [0.717, 1.165) is 5.69 Å². The van der Waals surface area contributed by atoms with E-state index in [1.54, 1.807) is 35.0 Å². The fourth-order valence-corrected chi connectivity index (χ4v) is 2.15. The summed E-state index contributed by atoms with van der Waals surface area (Å²) in [6, 6.07) is 3.62. The van der Waals surface area contributed by atoms with Gasteiger partial charge in [0.2, 0.25) is 5.82 Å². The van der Waals surface area contributed by atoms with Crippen LogP contribution in [0.25, 0.3) is 11.6 Å². The highest BCUT2D eigenvalue weighted by atomic mass is 16.5. The van der Waals surface area contributed by atoms with Gasteiger partial charge in [-0.1, -0.05) is 5.16 Å². The molecule has 0 saturated heterocycles. The molecule has 0 spiro atoms. The van der Waals surface area contributed by atoms with Crippen molar-refractivity contribution < 1.29 is 9.32 Å². The molecule has 1 radical (unpaired) electrons. The fraction of sp³-hybridized carbons (Fsp3) is 0.214. The van der Waals surface area contributed by atoms with E-state index in [1.165, 1.54) is 6.20 Å². The highest BCUT2D eigenvalue weighted by Crippen LogP contribution is 2.18. The molecule has 0 aliphatic carbocycles. The normalized spacial score (nSPS) is 10.6. The molecule has 3 heterocycles. The van der Waals surface area contributed by atoms with Crippen molar-refractivity contribution in [3.8, 4) is 11.6 Å². The summed E-state index contributed by atoms with van der Waals surface area (Å²) in [5.74, 6) is 0.547. The van der Waals surface area contributed by atoms with Crippen molar-refractivity contribution >= 4 is 11.6 Å². The van der Waals surface area contributed by atoms with Gasteiger partial charge in [0, 0.05) is 19.8 Å². The van der Waals surface area contributed by atoms with Crippen molar-refractivity contribution in [3.05, 3.63) is 42.8 Å². The van der Waals surface area contributed by atoms with Crippen molar-refractivity contribution in [2.24, 2.45) is 7.05 Å². The van der Waals surface area contributed by atoms with Crippen LogP contribution in [0.4, 0.5) is 5.69 Å². The largest absolute Gasteiger partial charge is 0.328 e. The third-order valence-corrected chi connectivity index (χ3v) is 3.25. The lowest BCUT2D eigenvalue weighted by Crippen LogP contribution is -2.32. The van der Waals surface area contributed by atoms with Gasteiger partial charge < -0.3 is 14.0 Å². The first-order valence-corrected chi connectivity index (χ1v) is 6.66. The Bertz CT molecular complexity index is 766. The highest BCUT2D eigenvalue weighted by molar-refractivity contribution is 6.05. The quantitative estimate of drug-likeness (QED) is 0.721. The van der Waals surface area contributed by atoms with E-state index < -0.39 is 0 Å². The number of amides is 1. The van der Waals surface area contributed by atoms with Crippen LogP contribution in [0.1, 0.15) is 17.4 Å². The molecule has 3 aromatic heterocycles. The molecule has 8 nitrogen and oxygen atoms in total. The Morgan fingerprint density at radius 1 is 1.45 bits per heavy atom. The summed E-state index contributed by atoms with van der Waals surface area (Å²) in [6.45, 7) is 2.41. The molecule has 0 aliphatic heterocycles. The Morgan fingerprint density at radius 3 is 2.95 bits per heavy atom. The van der Waals surface area contributed by atoms with Crippen molar-refractivity contribution in [1.82, 2.24) is 24.7 Å². The van der Waals surface area contributed by atoms with E-state index >= 15 is 0 Å². The molecule has 111 valence electrons. The van der Waals surface area contributed by atoms with Gasteiger partial charge in [-0.25, -0.2) is 4.98 Å². The molecular formula is C14H13N6O2. The van der Waals surface area contributed by atoms with Gasteiger partial charge in [0.05, 0.1) is 18.1 Å². The van der Waals surface area contributed by atoms with Crippen LogP contribution in [-0.2, 0) is 7.05 Å². The zero-order valence-corrected chi connectivity index (χ0v) is 12.1. The maximum absolute atomic E-state index is 12.7. The van der Waals surface area contributed by atoms with Crippen molar-refractivity contribution in [2.75, 3.05) is 11.4 Å². The molecule has 3 aromatic rings. The molecule has 0 aliphatic rings. The standard InChI is InChI=1S/C14H13N6O2/c1-3-20(10-5-4-6-15-7-10)14(21)11-8-16-13(19(11)2)12-17-9-22-18-12/h4-8H,3H2,1-2H3. The van der Waals surface area contributed by atoms with Crippen molar-refractivity contribution in [2.45, 2.75) is 6.92 Å². The maximum Gasteiger partial charge on any atom is 0.316 e. The van der Waals surface area contributed by atoms with Gasteiger partial charge in [-0.2, -0.15) is 4.98 Å². The monoisotopic (exact) mass is 297 g/mol. The van der Waals surface area contributed by atoms with Gasteiger partial charge in [0.15, 0.2) is 5.82 Å². The lowest BCUT2D eigenvalue weighted by Gasteiger charge is -2.20. The molecule has 0 fully saturated rings. The van der Waals surface area contributed by atoms with E-state index in [1.807, 2.05) is 13.0 Å². The van der Waals surface area contributed by atoms with Crippen LogP contribution in [0.3, 0.4) is 0 Å². The predicted octanol–water partition coefficient (Wildman–Crippen LogP) is 1.33. The molecule has 0 saturated carbocycles. The third kappa shape index (κ3) is 2.34. The Kier molecular flexibility index (Phi) is 3.65. The number of aromatic nitrogens is 5. The van der Waals surface area contributed by atoms with Gasteiger partial charge in [0.25, 0.3) is 5.91 Å². The topological polar surface area (TPSA) is 89.9 Å². The zero-order chi connectivity index (χ0) is 15.5. The number of nitrogens with zero attached hydrogens (tertiary/aromatic N) is 6. The summed E-state index contributed by atoms with van der Waals surface area (Å²) in [4.78, 5) is 26.4. The third-order valence-electron chi connectivity index (χ3n) is 3.25. The Hall–Kier alpha value is -3.03. The first-order chi connectivity index (χ1) is 10.7. The summed E-state index contributed by atoms with van der Waals surface area (Å²) in [6.07, 6.45) is 7.06. The second kappa shape index (κ2) is 5.76. The van der Waals surface area contributed by atoms with Crippen molar-refractivity contribution in [3.63, 3.8) is 0 Å². The summed E-state index contributed by atoms with van der Waals surface area (Å²) < 4.78 is 6.21. The van der Waals surface area contributed by atoms with E-state index in [-0.39, 0.29) is 11.7 Å². The molecule has 3 rings (SSSR count). The molecule has 22 heavy (non-hydrogen) atoms. The molecule has 0 unspecified atom stereocenters. The lowest BCUT2D eigenvalue weighted by molar-refractivity contribution is 0.0980. The number of anilines is 1. The van der Waals surface area contributed by atoms with Crippen LogP contribution in [0.5, 0.6) is 0 Å². The molecule has 0 aromatic carbocycles. The highest BCUT2D eigenvalue weighted by Gasteiger charge is 2.22. The van der Waals surface area contributed by atoms with E-state index in [2.05, 4.69) is 31.0 Å². The van der Waals surface area contributed by atoms with Crippen molar-refractivity contribution in [1.29, 1.82) is 0 Å². The first kappa shape index (κ1) is 13.9. The molecule has 1 amide bonds. The molecular weight excluding hydrogens is 284 g/mol. The zero-order valence-electron chi connectivity index (χ0n) is 12.1. The Balaban J connectivity index is 1.95. The number of carbonyl (C=O) groups excluding carboxylic acids is 1. The summed E-state index contributed by atoms with van der Waals surface area (Å²) in [5, 5.41) is 3.68. The minimum atomic E-state index is -0.177. The Morgan fingerprint density at radius 2 is 2.32 bits per heavy atom. The van der Waals surface area contributed by atoms with Gasteiger partial charge in [-0.15, -0.1) is 0 Å². The lowest BCUT2D eigenvalue weighted by atomic mass is 10.3. The second-order valence-electron chi connectivity index (χ2n) is 4.50. The van der Waals surface area contributed by atoms with E-state index in [9.17, 15) is 4.79 Å². The van der Waals surface area contributed by atoms with E-state index in [0.29, 0.717) is 18.1 Å². The van der Waals surface area contributed by atoms with Crippen LogP contribution < -0.4 is 4.90 Å². The number of hydrogen-bond acceptors (Lipinski definition) is 6. The molecule has 0 N–H and O–H groups in total. The van der Waals surface area contributed by atoms with Crippen LogP contribution in [0.2, 0.25) is 0 Å². The Labute approximate surface area is 126 Å². The smallest absolute Gasteiger partial charge is 0.316 e. The average Bonchev–Trinajstić information content (AvgIpc) is 3.18. The van der Waals surface area contributed by atoms with Gasteiger partial charge >= 0.3 is 6.39 Å². The average molecular weight is 297 g/mol. The van der Waals surface area contributed by atoms with Crippen LogP contribution in [0, 0.1) is 6.39 Å². The SMILES string of the molecule is CCN(C(=O)c1cnc(-c2n[c]on2)n1C)c1cccnc1. The van der Waals surface area contributed by atoms with Crippen LogP contribution >= 0.6 is 0 Å². The predicted molar refractivity (Wildman–Crippen MR) is 76.9 cm³/mol. The number of hydrogen-bond donors (Lipinski definition) is 0. The second-order valence-corrected chi connectivity index (χ2v) is 4.50. The summed E-state index contributed by atoms with van der Waals surface area (Å²) in [5.41, 5.74) is 1.15. The molecule has 0 atom stereocenters.